The molecule has 4 aliphatic rings. The van der Waals surface area contributed by atoms with Crippen molar-refractivity contribution in [1.82, 2.24) is 5.32 Å². The number of ether oxygens (including phenoxy) is 1. The molecule has 4 aliphatic carbocycles. The molecular formula is C21H27F3N2O4S. The molecule has 0 aromatic heterocycles. The molecule has 172 valence electrons. The Morgan fingerprint density at radius 2 is 1.71 bits per heavy atom. The number of nitrogens with two attached hydrogens (primary N) is 1. The third kappa shape index (κ3) is 3.82. The summed E-state index contributed by atoms with van der Waals surface area (Å²) in [6, 6.07) is 4.01. The number of benzene rings is 1. The number of sulfonamides is 1. The molecule has 0 heterocycles. The number of hydrogen-bond acceptors (Lipinski definition) is 4. The van der Waals surface area contributed by atoms with Crippen LogP contribution in [-0.4, -0.2) is 30.7 Å². The monoisotopic (exact) mass is 460 g/mol. The minimum atomic E-state index is -4.64. The van der Waals surface area contributed by atoms with Crippen LogP contribution in [0.25, 0.3) is 0 Å². The Hall–Kier alpha value is -1.81. The number of amides is 1. The first kappa shape index (κ1) is 22.4. The first-order valence-corrected chi connectivity index (χ1v) is 12.0. The van der Waals surface area contributed by atoms with Crippen molar-refractivity contribution >= 4 is 15.9 Å². The molecule has 4 bridgehead atoms. The van der Waals surface area contributed by atoms with Gasteiger partial charge in [0.15, 0.2) is 5.60 Å². The fraction of sp³-hybridized carbons (Fsp3) is 0.667. The summed E-state index contributed by atoms with van der Waals surface area (Å²) in [6.07, 6.45) is -1.21. The highest BCUT2D eigenvalue weighted by Gasteiger charge is 2.63. The molecule has 1 aromatic rings. The molecule has 4 fully saturated rings. The quantitative estimate of drug-likeness (QED) is 0.705. The van der Waals surface area contributed by atoms with Gasteiger partial charge >= 0.3 is 6.18 Å². The number of para-hydroxylation sites is 1. The van der Waals surface area contributed by atoms with E-state index < -0.39 is 49.8 Å². The molecule has 1 aromatic carbocycles. The molecule has 3 unspecified atom stereocenters. The number of carbonyl (C=O) groups excluding carboxylic acids is 1. The summed E-state index contributed by atoms with van der Waals surface area (Å²) in [7, 11) is -3.95. The summed E-state index contributed by atoms with van der Waals surface area (Å²) < 4.78 is 69.5. The number of rotatable bonds is 5. The van der Waals surface area contributed by atoms with Crippen molar-refractivity contribution in [1.29, 1.82) is 0 Å². The lowest BCUT2D eigenvalue weighted by Gasteiger charge is -2.59. The van der Waals surface area contributed by atoms with Crippen LogP contribution in [0.4, 0.5) is 13.2 Å². The minimum Gasteiger partial charge on any atom is -0.477 e. The van der Waals surface area contributed by atoms with Gasteiger partial charge in [0.1, 0.15) is 10.5 Å². The molecule has 31 heavy (non-hydrogen) atoms. The molecule has 6 nitrogen and oxygen atoms in total. The summed E-state index contributed by atoms with van der Waals surface area (Å²) >= 11 is 0. The molecule has 0 spiro atoms. The lowest BCUT2D eigenvalue weighted by atomic mass is 9.53. The number of halogens is 3. The van der Waals surface area contributed by atoms with E-state index in [1.54, 1.807) is 0 Å². The molecule has 0 aliphatic heterocycles. The SMILES string of the molecule is CC(C)(Oc1ccccc1C(F)(F)F)C(=O)NC1C2CC3CC(C2)CC1(S(N)(=O)=O)C3. The highest BCUT2D eigenvalue weighted by molar-refractivity contribution is 7.90. The van der Waals surface area contributed by atoms with Crippen LogP contribution in [0.15, 0.2) is 24.3 Å². The molecule has 5 rings (SSSR count). The van der Waals surface area contributed by atoms with Gasteiger partial charge in [0.25, 0.3) is 5.91 Å². The third-order valence-electron chi connectivity index (χ3n) is 7.20. The van der Waals surface area contributed by atoms with Crippen LogP contribution in [0.3, 0.4) is 0 Å². The van der Waals surface area contributed by atoms with Crippen LogP contribution in [0, 0.1) is 17.8 Å². The van der Waals surface area contributed by atoms with E-state index >= 15 is 0 Å². The van der Waals surface area contributed by atoms with Crippen molar-refractivity contribution in [2.45, 2.75) is 68.5 Å². The predicted octanol–water partition coefficient (Wildman–Crippen LogP) is 3.21. The topological polar surface area (TPSA) is 98.5 Å². The van der Waals surface area contributed by atoms with Gasteiger partial charge in [0.05, 0.1) is 11.6 Å². The summed E-state index contributed by atoms with van der Waals surface area (Å²) in [5, 5.41) is 8.49. The zero-order valence-corrected chi connectivity index (χ0v) is 18.2. The van der Waals surface area contributed by atoms with E-state index in [0.29, 0.717) is 12.8 Å². The molecule has 3 atom stereocenters. The van der Waals surface area contributed by atoms with Crippen LogP contribution >= 0.6 is 0 Å². The van der Waals surface area contributed by atoms with Gasteiger partial charge in [-0.1, -0.05) is 12.1 Å². The maximum Gasteiger partial charge on any atom is 0.419 e. The lowest BCUT2D eigenvalue weighted by molar-refractivity contribution is -0.144. The molecule has 3 N–H and O–H groups in total. The lowest BCUT2D eigenvalue weighted by Crippen LogP contribution is -2.71. The van der Waals surface area contributed by atoms with Gasteiger partial charge in [-0.15, -0.1) is 0 Å². The van der Waals surface area contributed by atoms with Gasteiger partial charge in [-0.05, 0) is 75.8 Å². The standard InChI is InChI=1S/C21H27F3N2O4S/c1-19(2,30-16-6-4-3-5-15(16)21(22,23)24)18(27)26-17-14-8-12-7-13(9-14)11-20(17,10-12)31(25,28)29/h3-6,12-14,17H,7-11H2,1-2H3,(H,26,27)(H2,25,28,29). The largest absolute Gasteiger partial charge is 0.477 e. The van der Waals surface area contributed by atoms with Crippen molar-refractivity contribution in [3.05, 3.63) is 29.8 Å². The average Bonchev–Trinajstić information content (AvgIpc) is 2.62. The fourth-order valence-electron chi connectivity index (χ4n) is 6.05. The van der Waals surface area contributed by atoms with Gasteiger partial charge in [0.2, 0.25) is 10.0 Å². The van der Waals surface area contributed by atoms with Crippen LogP contribution in [0.2, 0.25) is 0 Å². The highest BCUT2D eigenvalue weighted by Crippen LogP contribution is 2.58. The molecule has 10 heteroatoms. The van der Waals surface area contributed by atoms with Crippen molar-refractivity contribution in [2.24, 2.45) is 22.9 Å². The predicted molar refractivity (Wildman–Crippen MR) is 107 cm³/mol. The second-order valence-corrected chi connectivity index (χ2v) is 11.7. The zero-order chi connectivity index (χ0) is 22.8. The summed E-state index contributed by atoms with van der Waals surface area (Å²) in [6.45, 7) is 2.74. The fourth-order valence-corrected chi connectivity index (χ4v) is 7.59. The summed E-state index contributed by atoms with van der Waals surface area (Å²) in [5.74, 6) is -0.600. The van der Waals surface area contributed by atoms with Crippen LogP contribution in [0.5, 0.6) is 5.75 Å². The Kier molecular flexibility index (Phi) is 5.13. The van der Waals surface area contributed by atoms with E-state index in [4.69, 9.17) is 9.88 Å². The van der Waals surface area contributed by atoms with Gasteiger partial charge in [-0.3, -0.25) is 4.79 Å². The minimum absolute atomic E-state index is 0.0215. The molecule has 0 radical (unpaired) electrons. The second-order valence-electron chi connectivity index (χ2n) is 9.77. The maximum atomic E-state index is 13.3. The number of nitrogens with one attached hydrogen (secondary N) is 1. The number of hydrogen-bond donors (Lipinski definition) is 2. The highest BCUT2D eigenvalue weighted by atomic mass is 32.2. The third-order valence-corrected chi connectivity index (χ3v) is 8.92. The maximum absolute atomic E-state index is 13.3. The van der Waals surface area contributed by atoms with E-state index in [1.165, 1.54) is 26.0 Å². The van der Waals surface area contributed by atoms with Gasteiger partial charge < -0.3 is 10.1 Å². The molecule has 4 saturated carbocycles. The van der Waals surface area contributed by atoms with E-state index in [9.17, 15) is 26.4 Å². The molecule has 0 saturated heterocycles. The van der Waals surface area contributed by atoms with Crippen LogP contribution in [-0.2, 0) is 21.0 Å². The Morgan fingerprint density at radius 1 is 1.13 bits per heavy atom. The Balaban J connectivity index is 1.59. The Labute approximate surface area is 179 Å². The number of primary sulfonamides is 1. The van der Waals surface area contributed by atoms with Gasteiger partial charge in [-0.25, -0.2) is 13.6 Å². The van der Waals surface area contributed by atoms with Crippen molar-refractivity contribution in [3.63, 3.8) is 0 Å². The van der Waals surface area contributed by atoms with Crippen molar-refractivity contribution < 1.29 is 31.1 Å². The van der Waals surface area contributed by atoms with Crippen molar-refractivity contribution in [2.75, 3.05) is 0 Å². The van der Waals surface area contributed by atoms with E-state index in [1.807, 2.05) is 0 Å². The van der Waals surface area contributed by atoms with E-state index in [-0.39, 0.29) is 17.8 Å². The first-order valence-electron chi connectivity index (χ1n) is 10.4. The zero-order valence-electron chi connectivity index (χ0n) is 17.4. The van der Waals surface area contributed by atoms with Gasteiger partial charge in [0, 0.05) is 0 Å². The number of alkyl halides is 3. The van der Waals surface area contributed by atoms with Gasteiger partial charge in [-0.2, -0.15) is 13.2 Å². The average molecular weight is 461 g/mol. The number of carbonyl (C=O) groups is 1. The smallest absolute Gasteiger partial charge is 0.419 e. The van der Waals surface area contributed by atoms with E-state index in [2.05, 4.69) is 5.32 Å². The van der Waals surface area contributed by atoms with Crippen molar-refractivity contribution in [3.8, 4) is 5.75 Å². The Morgan fingerprint density at radius 3 is 2.26 bits per heavy atom. The normalized spacial score (nSPS) is 32.7. The van der Waals surface area contributed by atoms with E-state index in [0.717, 1.165) is 31.4 Å². The molecular weight excluding hydrogens is 433 g/mol. The second kappa shape index (κ2) is 7.10. The van der Waals surface area contributed by atoms with Crippen LogP contribution < -0.4 is 15.2 Å². The molecule has 1 amide bonds. The summed E-state index contributed by atoms with van der Waals surface area (Å²) in [5.41, 5.74) is -2.64. The summed E-state index contributed by atoms with van der Waals surface area (Å²) in [4.78, 5) is 13.1. The first-order chi connectivity index (χ1) is 14.2. The Bertz CT molecular complexity index is 979. The van der Waals surface area contributed by atoms with Crippen LogP contribution in [0.1, 0.15) is 51.5 Å².